The number of H-pyrrole nitrogens is 1. The van der Waals surface area contributed by atoms with Gasteiger partial charge in [-0.3, -0.25) is 14.4 Å². The third-order valence-electron chi connectivity index (χ3n) is 5.12. The van der Waals surface area contributed by atoms with E-state index in [4.69, 9.17) is 20.9 Å². The lowest BCUT2D eigenvalue weighted by Crippen LogP contribution is -2.40. The molecule has 2 aromatic carbocycles. The maximum atomic E-state index is 12.5. The molecule has 0 bridgehead atoms. The van der Waals surface area contributed by atoms with Crippen molar-refractivity contribution in [3.8, 4) is 11.1 Å². The van der Waals surface area contributed by atoms with Crippen LogP contribution in [0.3, 0.4) is 0 Å². The number of aliphatic carboxylic acids is 1. The van der Waals surface area contributed by atoms with Crippen molar-refractivity contribution in [2.45, 2.75) is 25.8 Å². The molecule has 9 heteroatoms. The van der Waals surface area contributed by atoms with Crippen LogP contribution < -0.4 is 10.9 Å². The summed E-state index contributed by atoms with van der Waals surface area (Å²) in [6.07, 6.45) is 0.526. The van der Waals surface area contributed by atoms with Gasteiger partial charge < -0.3 is 19.7 Å². The SMILES string of the molecule is CCOC[C@H](C[C@@H](Cc1ccc(-c2cccc(Cl)c2)cc1)NC(=O)c1cc(=O)[nH]o1)C(=O)O. The van der Waals surface area contributed by atoms with Crippen molar-refractivity contribution in [1.82, 2.24) is 10.5 Å². The van der Waals surface area contributed by atoms with E-state index in [-0.39, 0.29) is 18.8 Å². The third kappa shape index (κ3) is 7.06. The van der Waals surface area contributed by atoms with Gasteiger partial charge in [-0.25, -0.2) is 0 Å². The highest BCUT2D eigenvalue weighted by Gasteiger charge is 2.25. The van der Waals surface area contributed by atoms with Crippen LogP contribution in [0.5, 0.6) is 0 Å². The predicted molar refractivity (Wildman–Crippen MR) is 123 cm³/mol. The van der Waals surface area contributed by atoms with Gasteiger partial charge in [-0.1, -0.05) is 48.0 Å². The number of hydrogen-bond acceptors (Lipinski definition) is 5. The topological polar surface area (TPSA) is 122 Å². The number of ether oxygens (including phenoxy) is 1. The normalized spacial score (nSPS) is 12.8. The Balaban J connectivity index is 1.78. The zero-order chi connectivity index (χ0) is 23.8. The molecular formula is C24H25ClN2O6. The number of benzene rings is 2. The van der Waals surface area contributed by atoms with E-state index in [0.29, 0.717) is 18.1 Å². The number of amides is 1. The lowest BCUT2D eigenvalue weighted by atomic mass is 9.94. The molecule has 0 aliphatic carbocycles. The molecule has 0 radical (unpaired) electrons. The number of rotatable bonds is 11. The van der Waals surface area contributed by atoms with Crippen LogP contribution in [0.4, 0.5) is 0 Å². The minimum atomic E-state index is -1.01. The number of hydrogen-bond donors (Lipinski definition) is 3. The number of aromatic amines is 1. The summed E-state index contributed by atoms with van der Waals surface area (Å²) < 4.78 is 10.2. The van der Waals surface area contributed by atoms with Crippen LogP contribution in [-0.4, -0.2) is 41.4 Å². The number of halogens is 1. The molecule has 33 heavy (non-hydrogen) atoms. The molecule has 0 aliphatic rings. The molecule has 8 nitrogen and oxygen atoms in total. The van der Waals surface area contributed by atoms with Gasteiger partial charge in [0.15, 0.2) is 0 Å². The molecule has 0 saturated carbocycles. The summed E-state index contributed by atoms with van der Waals surface area (Å²) in [4.78, 5) is 35.5. The summed E-state index contributed by atoms with van der Waals surface area (Å²) in [6, 6.07) is 15.8. The van der Waals surface area contributed by atoms with E-state index < -0.39 is 29.4 Å². The highest BCUT2D eigenvalue weighted by Crippen LogP contribution is 2.24. The molecule has 3 aromatic rings. The van der Waals surface area contributed by atoms with Crippen molar-refractivity contribution >= 4 is 23.5 Å². The maximum Gasteiger partial charge on any atom is 0.308 e. The first-order valence-corrected chi connectivity index (χ1v) is 10.9. The number of nitrogens with one attached hydrogen (secondary N) is 2. The smallest absolute Gasteiger partial charge is 0.308 e. The Bertz CT molecular complexity index is 1140. The summed E-state index contributed by atoms with van der Waals surface area (Å²) in [5, 5.41) is 15.1. The van der Waals surface area contributed by atoms with Gasteiger partial charge in [-0.05, 0) is 48.6 Å². The predicted octanol–water partition coefficient (Wildman–Crippen LogP) is 3.76. The Morgan fingerprint density at radius 3 is 2.52 bits per heavy atom. The number of carboxylic acids is 1. The van der Waals surface area contributed by atoms with Crippen LogP contribution >= 0.6 is 11.6 Å². The summed E-state index contributed by atoms with van der Waals surface area (Å²) in [5.41, 5.74) is 2.33. The molecule has 0 spiro atoms. The molecule has 3 N–H and O–H groups in total. The standard InChI is InChI=1S/C24H25ClN2O6/c1-2-32-14-18(24(30)31)12-20(26-23(29)21-13-22(28)27-33-21)10-15-6-8-16(9-7-15)17-4-3-5-19(25)11-17/h3-9,11,13,18,20H,2,10,12,14H2,1H3,(H,26,29)(H,27,28)(H,30,31)/t18-,20+/m0/s1. The van der Waals surface area contributed by atoms with Crippen LogP contribution in [0, 0.1) is 5.92 Å². The summed E-state index contributed by atoms with van der Waals surface area (Å²) in [6.45, 7) is 2.21. The second-order valence-corrected chi connectivity index (χ2v) is 8.03. The van der Waals surface area contributed by atoms with Crippen molar-refractivity contribution in [1.29, 1.82) is 0 Å². The van der Waals surface area contributed by atoms with E-state index in [1.165, 1.54) is 0 Å². The molecule has 0 saturated heterocycles. The van der Waals surface area contributed by atoms with Crippen molar-refractivity contribution in [2.24, 2.45) is 5.92 Å². The van der Waals surface area contributed by atoms with E-state index in [1.54, 1.807) is 13.0 Å². The largest absolute Gasteiger partial charge is 0.481 e. The van der Waals surface area contributed by atoms with E-state index in [2.05, 4.69) is 10.5 Å². The van der Waals surface area contributed by atoms with Crippen molar-refractivity contribution in [3.05, 3.63) is 81.3 Å². The lowest BCUT2D eigenvalue weighted by molar-refractivity contribution is -0.144. The molecule has 0 fully saturated rings. The number of carbonyl (C=O) groups excluding carboxylic acids is 1. The number of aromatic nitrogens is 1. The van der Waals surface area contributed by atoms with Crippen LogP contribution in [0.25, 0.3) is 11.1 Å². The summed E-state index contributed by atoms with van der Waals surface area (Å²) >= 11 is 6.08. The molecule has 0 unspecified atom stereocenters. The second kappa shape index (κ2) is 11.5. The van der Waals surface area contributed by atoms with E-state index >= 15 is 0 Å². The Morgan fingerprint density at radius 1 is 1.15 bits per heavy atom. The summed E-state index contributed by atoms with van der Waals surface area (Å²) in [7, 11) is 0. The molecule has 2 atom stereocenters. The van der Waals surface area contributed by atoms with Gasteiger partial charge in [0.2, 0.25) is 5.76 Å². The fourth-order valence-electron chi connectivity index (χ4n) is 3.47. The van der Waals surface area contributed by atoms with Crippen molar-refractivity contribution in [2.75, 3.05) is 13.2 Å². The first kappa shape index (κ1) is 24.3. The molecule has 1 amide bonds. The maximum absolute atomic E-state index is 12.5. The second-order valence-electron chi connectivity index (χ2n) is 7.59. The third-order valence-corrected chi connectivity index (χ3v) is 5.35. The van der Waals surface area contributed by atoms with Crippen LogP contribution in [0.2, 0.25) is 5.02 Å². The lowest BCUT2D eigenvalue weighted by Gasteiger charge is -2.22. The zero-order valence-electron chi connectivity index (χ0n) is 18.0. The summed E-state index contributed by atoms with van der Waals surface area (Å²) in [5.74, 6) is -2.58. The number of carbonyl (C=O) groups is 2. The average molecular weight is 473 g/mol. The Kier molecular flexibility index (Phi) is 8.46. The van der Waals surface area contributed by atoms with Gasteiger partial charge in [-0.2, -0.15) is 5.16 Å². The molecular weight excluding hydrogens is 448 g/mol. The quantitative estimate of drug-likeness (QED) is 0.390. The van der Waals surface area contributed by atoms with Gasteiger partial charge in [0, 0.05) is 17.7 Å². The van der Waals surface area contributed by atoms with Gasteiger partial charge in [-0.15, -0.1) is 0 Å². The molecule has 0 aliphatic heterocycles. The highest BCUT2D eigenvalue weighted by molar-refractivity contribution is 6.30. The van der Waals surface area contributed by atoms with Crippen molar-refractivity contribution in [3.63, 3.8) is 0 Å². The molecule has 174 valence electrons. The first-order chi connectivity index (χ1) is 15.9. The minimum absolute atomic E-state index is 0.0329. The average Bonchev–Trinajstić information content (AvgIpc) is 3.23. The molecule has 1 heterocycles. The van der Waals surface area contributed by atoms with Crippen LogP contribution in [0.1, 0.15) is 29.5 Å². The number of carboxylic acid groups (broad SMARTS) is 1. The van der Waals surface area contributed by atoms with Crippen molar-refractivity contribution < 1.29 is 24.0 Å². The molecule has 3 rings (SSSR count). The van der Waals surface area contributed by atoms with E-state index in [9.17, 15) is 19.5 Å². The van der Waals surface area contributed by atoms with Crippen LogP contribution in [-0.2, 0) is 16.0 Å². The minimum Gasteiger partial charge on any atom is -0.481 e. The zero-order valence-corrected chi connectivity index (χ0v) is 18.8. The highest BCUT2D eigenvalue weighted by atomic mass is 35.5. The Morgan fingerprint density at radius 2 is 1.91 bits per heavy atom. The Hall–Kier alpha value is -3.36. The van der Waals surface area contributed by atoms with E-state index in [0.717, 1.165) is 22.8 Å². The molecule has 1 aromatic heterocycles. The fourth-order valence-corrected chi connectivity index (χ4v) is 3.66. The van der Waals surface area contributed by atoms with Gasteiger partial charge in [0.05, 0.1) is 18.6 Å². The van der Waals surface area contributed by atoms with E-state index in [1.807, 2.05) is 42.5 Å². The monoisotopic (exact) mass is 472 g/mol. The van der Waals surface area contributed by atoms with Gasteiger partial charge >= 0.3 is 5.97 Å². The van der Waals surface area contributed by atoms with Crippen LogP contribution in [0.15, 0.2) is 63.9 Å². The van der Waals surface area contributed by atoms with Gasteiger partial charge in [0.25, 0.3) is 11.5 Å². The Labute approximate surface area is 195 Å². The fraction of sp³-hybridized carbons (Fsp3) is 0.292. The van der Waals surface area contributed by atoms with Gasteiger partial charge in [0.1, 0.15) is 0 Å². The first-order valence-electron chi connectivity index (χ1n) is 10.5.